The van der Waals surface area contributed by atoms with Gasteiger partial charge in [0.25, 0.3) is 0 Å². The molecule has 0 saturated carbocycles. The molecule has 1 aromatic carbocycles. The molecule has 1 aliphatic heterocycles. The number of benzene rings is 1. The quantitative estimate of drug-likeness (QED) is 0.897. The van der Waals surface area contributed by atoms with Gasteiger partial charge in [-0.05, 0) is 12.1 Å². The summed E-state index contributed by atoms with van der Waals surface area (Å²) in [4.78, 5) is 6.09. The van der Waals surface area contributed by atoms with E-state index in [2.05, 4.69) is 10.3 Å². The minimum atomic E-state index is 0.405. The summed E-state index contributed by atoms with van der Waals surface area (Å²) in [6, 6.07) is 5.45. The number of hydrogen-bond acceptors (Lipinski definition) is 3. The smallest absolute Gasteiger partial charge is 0.152 e. The van der Waals surface area contributed by atoms with Crippen molar-refractivity contribution >= 4 is 34.9 Å². The first-order valence-electron chi connectivity index (χ1n) is 6.10. The van der Waals surface area contributed by atoms with Crippen LogP contribution in [-0.2, 0) is 6.54 Å². The van der Waals surface area contributed by atoms with Crippen LogP contribution in [0.3, 0.4) is 0 Å². The predicted octanol–water partition coefficient (Wildman–Crippen LogP) is 2.88. The van der Waals surface area contributed by atoms with E-state index >= 15 is 0 Å². The Kier molecular flexibility index (Phi) is 3.31. The first-order chi connectivity index (χ1) is 9.58. The van der Waals surface area contributed by atoms with E-state index in [0.29, 0.717) is 34.8 Å². The van der Waals surface area contributed by atoms with Crippen LogP contribution in [0.5, 0.6) is 0 Å². The minimum absolute atomic E-state index is 0.405. The molecule has 0 unspecified atom stereocenters. The average Bonchev–Trinajstić information content (AvgIpc) is 2.82. The van der Waals surface area contributed by atoms with Gasteiger partial charge in [0.2, 0.25) is 0 Å². The summed E-state index contributed by atoms with van der Waals surface area (Å²) in [5.74, 6) is 1.23. The van der Waals surface area contributed by atoms with Gasteiger partial charge in [-0.2, -0.15) is 0 Å². The molecule has 2 heterocycles. The molecule has 7 heteroatoms. The molecule has 0 radical (unpaired) electrons. The SMILES string of the molecule is CN1CNc2c(ncn2Cc2c(Cl)cccc2Cl)C1=N. The zero-order valence-electron chi connectivity index (χ0n) is 10.8. The molecule has 1 aliphatic rings. The van der Waals surface area contributed by atoms with Crippen molar-refractivity contribution in [3.63, 3.8) is 0 Å². The maximum atomic E-state index is 8.01. The molecule has 0 spiro atoms. The van der Waals surface area contributed by atoms with Crippen LogP contribution in [0.2, 0.25) is 10.0 Å². The molecule has 0 fully saturated rings. The average molecular weight is 310 g/mol. The molecule has 0 amide bonds. The van der Waals surface area contributed by atoms with Gasteiger partial charge in [0, 0.05) is 22.7 Å². The van der Waals surface area contributed by atoms with Crippen molar-refractivity contribution < 1.29 is 0 Å². The van der Waals surface area contributed by atoms with Gasteiger partial charge >= 0.3 is 0 Å². The minimum Gasteiger partial charge on any atom is -0.352 e. The summed E-state index contributed by atoms with van der Waals surface area (Å²) in [6.07, 6.45) is 1.70. The van der Waals surface area contributed by atoms with Crippen molar-refractivity contribution in [2.75, 3.05) is 19.0 Å². The van der Waals surface area contributed by atoms with Gasteiger partial charge in [0.15, 0.2) is 5.84 Å². The van der Waals surface area contributed by atoms with Gasteiger partial charge in [0.1, 0.15) is 11.5 Å². The zero-order chi connectivity index (χ0) is 14.3. The second-order valence-corrected chi connectivity index (χ2v) is 5.47. The summed E-state index contributed by atoms with van der Waals surface area (Å²) in [5.41, 5.74) is 1.49. The Morgan fingerprint density at radius 2 is 2.05 bits per heavy atom. The molecule has 2 N–H and O–H groups in total. The Labute approximate surface area is 126 Å². The lowest BCUT2D eigenvalue weighted by molar-refractivity contribution is 0.526. The van der Waals surface area contributed by atoms with Crippen LogP contribution >= 0.6 is 23.2 Å². The van der Waals surface area contributed by atoms with E-state index in [1.54, 1.807) is 11.2 Å². The van der Waals surface area contributed by atoms with Gasteiger partial charge in [-0.3, -0.25) is 5.41 Å². The van der Waals surface area contributed by atoms with Gasteiger partial charge in [-0.25, -0.2) is 4.98 Å². The monoisotopic (exact) mass is 309 g/mol. The van der Waals surface area contributed by atoms with Crippen LogP contribution in [0.1, 0.15) is 11.3 Å². The van der Waals surface area contributed by atoms with Gasteiger partial charge < -0.3 is 14.8 Å². The van der Waals surface area contributed by atoms with E-state index in [4.69, 9.17) is 28.6 Å². The maximum Gasteiger partial charge on any atom is 0.152 e. The van der Waals surface area contributed by atoms with Crippen molar-refractivity contribution in [2.24, 2.45) is 0 Å². The van der Waals surface area contributed by atoms with Crippen LogP contribution in [-0.4, -0.2) is 34.0 Å². The van der Waals surface area contributed by atoms with Crippen LogP contribution in [0.4, 0.5) is 5.82 Å². The number of aromatic nitrogens is 2. The lowest BCUT2D eigenvalue weighted by Crippen LogP contribution is -2.37. The van der Waals surface area contributed by atoms with E-state index in [1.165, 1.54) is 0 Å². The first-order valence-corrected chi connectivity index (χ1v) is 6.85. The number of rotatable bonds is 2. The third-order valence-corrected chi connectivity index (χ3v) is 4.03. The summed E-state index contributed by atoms with van der Waals surface area (Å²) in [6.45, 7) is 1.10. The van der Waals surface area contributed by atoms with E-state index in [-0.39, 0.29) is 0 Å². The molecular weight excluding hydrogens is 297 g/mol. The fraction of sp³-hybridized carbons (Fsp3) is 0.231. The number of fused-ring (bicyclic) bond motifs is 1. The molecule has 5 nitrogen and oxygen atoms in total. The topological polar surface area (TPSA) is 56.9 Å². The Balaban J connectivity index is 1.98. The zero-order valence-corrected chi connectivity index (χ0v) is 12.3. The Morgan fingerprint density at radius 3 is 2.75 bits per heavy atom. The van der Waals surface area contributed by atoms with Crippen LogP contribution < -0.4 is 5.32 Å². The molecular formula is C13H13Cl2N5. The summed E-state index contributed by atoms with van der Waals surface area (Å²) < 4.78 is 1.92. The highest BCUT2D eigenvalue weighted by Gasteiger charge is 2.23. The van der Waals surface area contributed by atoms with Crippen molar-refractivity contribution in [1.82, 2.24) is 14.5 Å². The number of anilines is 1. The second-order valence-electron chi connectivity index (χ2n) is 4.65. The number of nitrogens with zero attached hydrogens (tertiary/aromatic N) is 3. The van der Waals surface area contributed by atoms with Crippen LogP contribution in [0, 0.1) is 5.41 Å². The van der Waals surface area contributed by atoms with E-state index in [9.17, 15) is 0 Å². The van der Waals surface area contributed by atoms with Crippen molar-refractivity contribution in [3.8, 4) is 0 Å². The van der Waals surface area contributed by atoms with E-state index < -0.39 is 0 Å². The Morgan fingerprint density at radius 1 is 1.35 bits per heavy atom. The molecule has 0 atom stereocenters. The van der Waals surface area contributed by atoms with Gasteiger partial charge in [0.05, 0.1) is 19.5 Å². The molecule has 20 heavy (non-hydrogen) atoms. The highest BCUT2D eigenvalue weighted by Crippen LogP contribution is 2.28. The summed E-state index contributed by atoms with van der Waals surface area (Å²) in [7, 11) is 1.85. The number of amidine groups is 1. The van der Waals surface area contributed by atoms with E-state index in [0.717, 1.165) is 11.4 Å². The normalized spacial score (nSPS) is 14.2. The lowest BCUT2D eigenvalue weighted by Gasteiger charge is -2.26. The number of hydrogen-bond donors (Lipinski definition) is 2. The van der Waals surface area contributed by atoms with Gasteiger partial charge in [-0.1, -0.05) is 29.3 Å². The molecule has 0 saturated heterocycles. The fourth-order valence-electron chi connectivity index (χ4n) is 2.17. The molecule has 104 valence electrons. The Bertz CT molecular complexity index is 659. The first kappa shape index (κ1) is 13.3. The van der Waals surface area contributed by atoms with Gasteiger partial charge in [-0.15, -0.1) is 0 Å². The lowest BCUT2D eigenvalue weighted by atomic mass is 10.2. The largest absolute Gasteiger partial charge is 0.352 e. The Hall–Kier alpha value is -1.72. The number of nitrogens with one attached hydrogen (secondary N) is 2. The third-order valence-electron chi connectivity index (χ3n) is 3.32. The van der Waals surface area contributed by atoms with Crippen LogP contribution in [0.25, 0.3) is 0 Å². The number of imidazole rings is 1. The standard InChI is InChI=1S/C13H13Cl2N5/c1-19-6-18-13-11(12(19)16)17-7-20(13)5-8-9(14)3-2-4-10(8)15/h2-4,7,16,18H,5-6H2,1H3. The predicted molar refractivity (Wildman–Crippen MR) is 80.9 cm³/mol. The maximum absolute atomic E-state index is 8.01. The van der Waals surface area contributed by atoms with Crippen LogP contribution in [0.15, 0.2) is 24.5 Å². The summed E-state index contributed by atoms with van der Waals surface area (Å²) in [5, 5.41) is 12.5. The third kappa shape index (κ3) is 2.13. The molecule has 3 rings (SSSR count). The van der Waals surface area contributed by atoms with Crippen molar-refractivity contribution in [2.45, 2.75) is 6.54 Å². The van der Waals surface area contributed by atoms with E-state index in [1.807, 2.05) is 29.8 Å². The molecule has 2 aromatic rings. The highest BCUT2D eigenvalue weighted by atomic mass is 35.5. The molecule has 1 aromatic heterocycles. The molecule has 0 aliphatic carbocycles. The second kappa shape index (κ2) is 5.00. The molecule has 0 bridgehead atoms. The van der Waals surface area contributed by atoms with Crippen molar-refractivity contribution in [3.05, 3.63) is 45.8 Å². The summed E-state index contributed by atoms with van der Waals surface area (Å²) >= 11 is 12.4. The van der Waals surface area contributed by atoms with Crippen molar-refractivity contribution in [1.29, 1.82) is 5.41 Å². The fourth-order valence-corrected chi connectivity index (χ4v) is 2.68. The highest BCUT2D eigenvalue weighted by molar-refractivity contribution is 6.36. The number of halogens is 2.